The summed E-state index contributed by atoms with van der Waals surface area (Å²) in [4.78, 5) is 69.5. The molecule has 6 heterocycles. The third-order valence-electron chi connectivity index (χ3n) is 8.96. The number of carbonyl (C=O) groups excluding carboxylic acids is 4. The van der Waals surface area contributed by atoms with Crippen molar-refractivity contribution in [1.29, 1.82) is 0 Å². The zero-order chi connectivity index (χ0) is 43.9. The molecule has 2 fully saturated rings. The maximum atomic E-state index is 12.2. The average molecular weight is 825 g/mol. The first-order valence-electron chi connectivity index (χ1n) is 20.0. The number of carboxylic acid groups (broad SMARTS) is 1. The first-order valence-corrected chi connectivity index (χ1v) is 20.0. The van der Waals surface area contributed by atoms with Gasteiger partial charge in [0, 0.05) is 81.6 Å². The summed E-state index contributed by atoms with van der Waals surface area (Å²) in [6.45, 7) is 14.7. The van der Waals surface area contributed by atoms with E-state index in [1.807, 2.05) is 102 Å². The van der Waals surface area contributed by atoms with E-state index in [4.69, 9.17) is 19.4 Å². The van der Waals surface area contributed by atoms with Crippen LogP contribution in [-0.2, 0) is 49.5 Å². The average Bonchev–Trinajstić information content (AvgIpc) is 3.87. The van der Waals surface area contributed by atoms with Crippen LogP contribution >= 0.6 is 0 Å². The first-order chi connectivity index (χ1) is 28.3. The molecular weight excluding hydrogens is 769 g/mol. The van der Waals surface area contributed by atoms with Crippen molar-refractivity contribution < 1.29 is 38.6 Å². The van der Waals surface area contributed by atoms with E-state index >= 15 is 0 Å². The number of hydrogen-bond acceptors (Lipinski definition) is 13. The van der Waals surface area contributed by atoms with E-state index in [-0.39, 0.29) is 61.3 Å². The fraction of sp³-hybridized carbons (Fsp3) is 0.477. The van der Waals surface area contributed by atoms with Crippen LogP contribution in [0.5, 0.6) is 0 Å². The summed E-state index contributed by atoms with van der Waals surface area (Å²) >= 11 is 0. The van der Waals surface area contributed by atoms with E-state index in [9.17, 15) is 19.2 Å². The molecule has 1 N–H and O–H groups in total. The quantitative estimate of drug-likeness (QED) is 0.195. The minimum Gasteiger partial charge on any atom is -0.481 e. The lowest BCUT2D eigenvalue weighted by Gasteiger charge is -2.24. The molecule has 0 bridgehead atoms. The van der Waals surface area contributed by atoms with Crippen molar-refractivity contribution in [1.82, 2.24) is 40.2 Å². The number of aromatic nitrogens is 6. The molecular formula is C44H56N8O8. The smallest absolute Gasteiger partial charge is 0.410 e. The highest BCUT2D eigenvalue weighted by Crippen LogP contribution is 2.28. The molecule has 6 rings (SSSR count). The molecule has 0 aromatic carbocycles. The second kappa shape index (κ2) is 21.7. The summed E-state index contributed by atoms with van der Waals surface area (Å²) in [6, 6.07) is 18.5. The number of Topliss-reactive ketones (excluding diaryl/α,β-unsaturated/α-hetero) is 2. The van der Waals surface area contributed by atoms with E-state index < -0.39 is 17.2 Å². The third kappa shape index (κ3) is 16.6. The number of likely N-dealkylation sites (tertiary alicyclic amines) is 2. The molecule has 2 aliphatic heterocycles. The molecule has 0 unspecified atom stereocenters. The van der Waals surface area contributed by atoms with Crippen LogP contribution in [0, 0.1) is 0 Å². The summed E-state index contributed by atoms with van der Waals surface area (Å²) in [5.74, 6) is -0.452. The van der Waals surface area contributed by atoms with Crippen molar-refractivity contribution in [3.05, 3.63) is 107 Å². The number of carbonyl (C=O) groups is 5. The molecule has 2 saturated heterocycles. The molecule has 60 heavy (non-hydrogen) atoms. The second-order valence-corrected chi connectivity index (χ2v) is 16.7. The minimum absolute atomic E-state index is 0.0534. The number of nitrogens with zero attached hydrogens (tertiary/aromatic N) is 8. The summed E-state index contributed by atoms with van der Waals surface area (Å²) in [6.07, 6.45) is 5.47. The summed E-state index contributed by atoms with van der Waals surface area (Å²) < 4.78 is 10.9. The van der Waals surface area contributed by atoms with Crippen LogP contribution in [-0.4, -0.2) is 112 Å². The fourth-order valence-corrected chi connectivity index (χ4v) is 6.29. The van der Waals surface area contributed by atoms with Gasteiger partial charge in [-0.3, -0.25) is 24.4 Å². The van der Waals surface area contributed by atoms with E-state index in [0.717, 1.165) is 42.5 Å². The van der Waals surface area contributed by atoms with Gasteiger partial charge in [0.05, 0.1) is 35.6 Å². The predicted octanol–water partition coefficient (Wildman–Crippen LogP) is 5.99. The Morgan fingerprint density at radius 2 is 0.950 bits per heavy atom. The number of amides is 2. The van der Waals surface area contributed by atoms with Crippen molar-refractivity contribution in [2.24, 2.45) is 0 Å². The van der Waals surface area contributed by atoms with E-state index in [1.165, 1.54) is 0 Å². The maximum absolute atomic E-state index is 12.2. The second-order valence-electron chi connectivity index (χ2n) is 16.7. The van der Waals surface area contributed by atoms with Gasteiger partial charge in [0.2, 0.25) is 0 Å². The Morgan fingerprint density at radius 3 is 1.25 bits per heavy atom. The van der Waals surface area contributed by atoms with Gasteiger partial charge in [0.1, 0.15) is 22.8 Å². The van der Waals surface area contributed by atoms with Crippen LogP contribution < -0.4 is 0 Å². The number of rotatable bonds is 10. The monoisotopic (exact) mass is 824 g/mol. The van der Waals surface area contributed by atoms with Gasteiger partial charge >= 0.3 is 12.2 Å². The molecule has 0 saturated carbocycles. The van der Waals surface area contributed by atoms with Crippen LogP contribution in [0.3, 0.4) is 0 Å². The Balaban J connectivity index is 0.000000243. The molecule has 4 aromatic rings. The van der Waals surface area contributed by atoms with Crippen LogP contribution in [0.15, 0.2) is 73.1 Å². The highest BCUT2D eigenvalue weighted by atomic mass is 16.6. The van der Waals surface area contributed by atoms with Crippen molar-refractivity contribution in [3.63, 3.8) is 0 Å². The van der Waals surface area contributed by atoms with Crippen LogP contribution in [0.25, 0.3) is 0 Å². The van der Waals surface area contributed by atoms with Crippen molar-refractivity contribution in [3.8, 4) is 0 Å². The lowest BCUT2D eigenvalue weighted by Crippen LogP contribution is -2.35. The highest BCUT2D eigenvalue weighted by Gasteiger charge is 2.33. The minimum atomic E-state index is -0.833. The summed E-state index contributed by atoms with van der Waals surface area (Å²) in [5, 5.41) is 24.4. The maximum Gasteiger partial charge on any atom is 0.410 e. The van der Waals surface area contributed by atoms with Crippen molar-refractivity contribution >= 4 is 29.7 Å². The zero-order valence-corrected chi connectivity index (χ0v) is 35.5. The Kier molecular flexibility index (Phi) is 16.8. The molecule has 2 amide bonds. The van der Waals surface area contributed by atoms with Crippen LogP contribution in [0.4, 0.5) is 9.59 Å². The molecule has 16 heteroatoms. The van der Waals surface area contributed by atoms with Gasteiger partial charge in [-0.15, -0.1) is 0 Å². The molecule has 2 atom stereocenters. The number of ether oxygens (including phenoxy) is 2. The van der Waals surface area contributed by atoms with E-state index in [1.54, 1.807) is 22.2 Å². The lowest BCUT2D eigenvalue weighted by molar-refractivity contribution is -0.134. The first kappa shape index (κ1) is 46.5. The predicted molar refractivity (Wildman–Crippen MR) is 221 cm³/mol. The molecule has 2 aliphatic rings. The Hall–Kier alpha value is -6.19. The molecule has 320 valence electrons. The van der Waals surface area contributed by atoms with Gasteiger partial charge in [-0.25, -0.2) is 9.59 Å². The third-order valence-corrected chi connectivity index (χ3v) is 8.96. The van der Waals surface area contributed by atoms with Gasteiger partial charge in [0.25, 0.3) is 5.97 Å². The summed E-state index contributed by atoms with van der Waals surface area (Å²) in [7, 11) is 0. The number of pyridine rings is 2. The largest absolute Gasteiger partial charge is 0.481 e. The summed E-state index contributed by atoms with van der Waals surface area (Å²) in [5.41, 5.74) is 3.48. The fourth-order valence-electron chi connectivity index (χ4n) is 6.29. The Bertz CT molecular complexity index is 1870. The zero-order valence-electron chi connectivity index (χ0n) is 35.5. The standard InChI is InChI=1S/2C21H26N4O3.C2H4O2/c2*1-21(2,3)28-20(27)25-11-9-15(14-25)19-8-7-17(23-24-19)13-18(26)12-16-6-4-5-10-22-16;1-2(3)4/h2*4-8,10,15H,9,11-14H2,1-3H3;1H3,(H,3,4)/t2*15-;/m11./s1. The molecule has 0 radical (unpaired) electrons. The van der Waals surface area contributed by atoms with E-state index in [0.29, 0.717) is 37.6 Å². The van der Waals surface area contributed by atoms with Gasteiger partial charge in [0.15, 0.2) is 0 Å². The van der Waals surface area contributed by atoms with Gasteiger partial charge in [-0.2, -0.15) is 20.4 Å². The number of aliphatic carboxylic acids is 1. The molecule has 0 spiro atoms. The van der Waals surface area contributed by atoms with Crippen molar-refractivity contribution in [2.45, 2.75) is 110 Å². The Morgan fingerprint density at radius 1 is 0.583 bits per heavy atom. The van der Waals surface area contributed by atoms with E-state index in [2.05, 4.69) is 30.4 Å². The number of carboxylic acids is 1. The molecule has 16 nitrogen and oxygen atoms in total. The topological polar surface area (TPSA) is 208 Å². The number of hydrogen-bond donors (Lipinski definition) is 1. The van der Waals surface area contributed by atoms with Gasteiger partial charge in [-0.1, -0.05) is 12.1 Å². The Labute approximate surface area is 351 Å². The normalized spacial score (nSPS) is 16.1. The SMILES string of the molecule is CC(=O)O.CC(C)(C)OC(=O)N1CC[C@@H](c2ccc(CC(=O)Cc3ccccn3)nn2)C1.CC(C)(C)OC(=O)N1CC[C@@H](c2ccc(CC(=O)Cc3ccccn3)nn2)C1. The van der Waals surface area contributed by atoms with Crippen molar-refractivity contribution in [2.75, 3.05) is 26.2 Å². The van der Waals surface area contributed by atoms with Crippen LogP contribution in [0.1, 0.15) is 107 Å². The van der Waals surface area contributed by atoms with Gasteiger partial charge in [-0.05, 0) is 103 Å². The van der Waals surface area contributed by atoms with Gasteiger partial charge < -0.3 is 24.4 Å². The lowest BCUT2D eigenvalue weighted by atomic mass is 10.0. The molecule has 0 aliphatic carbocycles. The number of ketones is 2. The van der Waals surface area contributed by atoms with Crippen LogP contribution in [0.2, 0.25) is 0 Å². The molecule has 4 aromatic heterocycles. The highest BCUT2D eigenvalue weighted by molar-refractivity contribution is 5.82.